The molecule has 4 aromatic rings. The molecule has 0 spiro atoms. The van der Waals surface area contributed by atoms with Crippen LogP contribution in [0.2, 0.25) is 0 Å². The lowest BCUT2D eigenvalue weighted by Crippen LogP contribution is -2.27. The average molecular weight is 439 g/mol. The van der Waals surface area contributed by atoms with Crippen LogP contribution in [0.4, 0.5) is 4.79 Å². The Balaban J connectivity index is 1.74. The van der Waals surface area contributed by atoms with E-state index >= 15 is 0 Å². The highest BCUT2D eigenvalue weighted by molar-refractivity contribution is 7.98. The molecule has 154 valence electrons. The van der Waals surface area contributed by atoms with E-state index in [2.05, 4.69) is 33.5 Å². The standard InChI is InChI=1S/C22H22N4O2S2/c1-14-23-24-20(30-14)19-17-12-16(29-13-15-8-6-5-7-9-15)10-11-18(17)26(25-19)21(27)28-22(2,3)4/h5-12H,13H2,1-4H3. The molecule has 0 aliphatic rings. The Bertz CT molecular complexity index is 1190. The number of carbonyl (C=O) groups is 1. The number of aromatic nitrogens is 4. The summed E-state index contributed by atoms with van der Waals surface area (Å²) in [5.74, 6) is 0.861. The zero-order chi connectivity index (χ0) is 21.3. The summed E-state index contributed by atoms with van der Waals surface area (Å²) in [6.07, 6.45) is -0.510. The van der Waals surface area contributed by atoms with Crippen molar-refractivity contribution in [1.82, 2.24) is 20.0 Å². The summed E-state index contributed by atoms with van der Waals surface area (Å²) >= 11 is 3.19. The molecule has 0 unspecified atom stereocenters. The smallest absolute Gasteiger partial charge is 0.435 e. The monoisotopic (exact) mass is 438 g/mol. The van der Waals surface area contributed by atoms with E-state index in [1.54, 1.807) is 11.8 Å². The number of ether oxygens (including phenoxy) is 1. The fourth-order valence-corrected chi connectivity index (χ4v) is 4.50. The van der Waals surface area contributed by atoms with Gasteiger partial charge in [0, 0.05) is 16.0 Å². The predicted octanol–water partition coefficient (Wildman–Crippen LogP) is 5.94. The molecule has 8 heteroatoms. The molecule has 2 aromatic heterocycles. The second kappa shape index (κ2) is 8.20. The third-order valence-electron chi connectivity index (χ3n) is 4.19. The maximum atomic E-state index is 12.8. The van der Waals surface area contributed by atoms with Crippen LogP contribution < -0.4 is 0 Å². The molecule has 4 rings (SSSR count). The van der Waals surface area contributed by atoms with Gasteiger partial charge in [-0.1, -0.05) is 41.7 Å². The molecule has 0 saturated carbocycles. The minimum Gasteiger partial charge on any atom is -0.442 e. The summed E-state index contributed by atoms with van der Waals surface area (Å²) in [5, 5.41) is 15.3. The van der Waals surface area contributed by atoms with E-state index in [0.717, 1.165) is 21.0 Å². The van der Waals surface area contributed by atoms with Crippen LogP contribution in [0.1, 0.15) is 31.3 Å². The SMILES string of the molecule is Cc1nnc(-c2nn(C(=O)OC(C)(C)C)c3ccc(SCc4ccccc4)cc23)s1. The van der Waals surface area contributed by atoms with Gasteiger partial charge >= 0.3 is 6.09 Å². The number of aryl methyl sites for hydroxylation is 1. The molecular weight excluding hydrogens is 416 g/mol. The van der Waals surface area contributed by atoms with Gasteiger partial charge in [0.25, 0.3) is 0 Å². The van der Waals surface area contributed by atoms with Gasteiger partial charge in [0.05, 0.1) is 5.52 Å². The van der Waals surface area contributed by atoms with E-state index in [4.69, 9.17) is 4.74 Å². The first-order valence-corrected chi connectivity index (χ1v) is 11.3. The molecule has 0 amide bonds. The highest BCUT2D eigenvalue weighted by Gasteiger charge is 2.24. The van der Waals surface area contributed by atoms with Crippen LogP contribution in [0.25, 0.3) is 21.6 Å². The molecule has 0 atom stereocenters. The van der Waals surface area contributed by atoms with E-state index < -0.39 is 11.7 Å². The quantitative estimate of drug-likeness (QED) is 0.367. The Hall–Kier alpha value is -2.71. The highest BCUT2D eigenvalue weighted by Crippen LogP contribution is 2.34. The first-order chi connectivity index (χ1) is 14.3. The number of hydrogen-bond acceptors (Lipinski definition) is 7. The molecular formula is C22H22N4O2S2. The molecule has 0 fully saturated rings. The van der Waals surface area contributed by atoms with Crippen LogP contribution in [0, 0.1) is 6.92 Å². The van der Waals surface area contributed by atoms with Crippen molar-refractivity contribution >= 4 is 40.1 Å². The van der Waals surface area contributed by atoms with Crippen LogP contribution in [-0.4, -0.2) is 31.7 Å². The van der Waals surface area contributed by atoms with Crippen LogP contribution in [-0.2, 0) is 10.5 Å². The fraction of sp³-hybridized carbons (Fsp3) is 0.273. The molecule has 0 saturated heterocycles. The lowest BCUT2D eigenvalue weighted by atomic mass is 10.2. The van der Waals surface area contributed by atoms with Crippen molar-refractivity contribution in [2.75, 3.05) is 0 Å². The Labute approximate surface area is 183 Å². The van der Waals surface area contributed by atoms with Gasteiger partial charge in [0.2, 0.25) is 0 Å². The molecule has 0 N–H and O–H groups in total. The van der Waals surface area contributed by atoms with E-state index in [9.17, 15) is 4.79 Å². The number of thioether (sulfide) groups is 1. The van der Waals surface area contributed by atoms with E-state index in [0.29, 0.717) is 16.2 Å². The van der Waals surface area contributed by atoms with Crippen LogP contribution in [0.15, 0.2) is 53.4 Å². The van der Waals surface area contributed by atoms with Gasteiger partial charge in [0.15, 0.2) is 5.01 Å². The maximum Gasteiger partial charge on any atom is 0.435 e. The van der Waals surface area contributed by atoms with Crippen LogP contribution in [0.5, 0.6) is 0 Å². The van der Waals surface area contributed by atoms with E-state index in [1.165, 1.54) is 21.6 Å². The molecule has 0 aliphatic heterocycles. The number of rotatable bonds is 4. The molecule has 0 aliphatic carbocycles. The van der Waals surface area contributed by atoms with Crippen LogP contribution in [0.3, 0.4) is 0 Å². The highest BCUT2D eigenvalue weighted by atomic mass is 32.2. The molecule has 2 aromatic carbocycles. The summed E-state index contributed by atoms with van der Waals surface area (Å²) < 4.78 is 6.86. The van der Waals surface area contributed by atoms with Crippen molar-refractivity contribution < 1.29 is 9.53 Å². The zero-order valence-corrected chi connectivity index (χ0v) is 18.9. The Morgan fingerprint density at radius 3 is 2.57 bits per heavy atom. The van der Waals surface area contributed by atoms with Crippen molar-refractivity contribution in [1.29, 1.82) is 0 Å². The fourth-order valence-electron chi connectivity index (χ4n) is 2.92. The molecule has 0 radical (unpaired) electrons. The molecule has 30 heavy (non-hydrogen) atoms. The van der Waals surface area contributed by atoms with E-state index in [-0.39, 0.29) is 0 Å². The summed E-state index contributed by atoms with van der Waals surface area (Å²) in [6, 6.07) is 16.3. The topological polar surface area (TPSA) is 69.9 Å². The number of fused-ring (bicyclic) bond motifs is 1. The maximum absolute atomic E-state index is 12.8. The van der Waals surface area contributed by atoms with Gasteiger partial charge in [-0.25, -0.2) is 4.79 Å². The summed E-state index contributed by atoms with van der Waals surface area (Å²) in [7, 11) is 0. The van der Waals surface area contributed by atoms with Crippen molar-refractivity contribution in [3.8, 4) is 10.7 Å². The van der Waals surface area contributed by atoms with Gasteiger partial charge < -0.3 is 4.74 Å². The van der Waals surface area contributed by atoms with Gasteiger partial charge in [-0.05, 0) is 51.5 Å². The first kappa shape index (κ1) is 20.6. The lowest BCUT2D eigenvalue weighted by Gasteiger charge is -2.19. The summed E-state index contributed by atoms with van der Waals surface area (Å²) in [4.78, 5) is 13.9. The molecule has 6 nitrogen and oxygen atoms in total. The largest absolute Gasteiger partial charge is 0.442 e. The zero-order valence-electron chi connectivity index (χ0n) is 17.2. The number of hydrogen-bond donors (Lipinski definition) is 0. The van der Waals surface area contributed by atoms with Crippen molar-refractivity contribution in [3.05, 3.63) is 59.1 Å². The lowest BCUT2D eigenvalue weighted by molar-refractivity contribution is 0.0523. The predicted molar refractivity (Wildman–Crippen MR) is 121 cm³/mol. The Kier molecular flexibility index (Phi) is 5.62. The molecule has 0 bridgehead atoms. The van der Waals surface area contributed by atoms with Gasteiger partial charge in [-0.15, -0.1) is 22.0 Å². The van der Waals surface area contributed by atoms with Crippen molar-refractivity contribution in [2.24, 2.45) is 0 Å². The third-order valence-corrected chi connectivity index (χ3v) is 6.11. The van der Waals surface area contributed by atoms with Crippen molar-refractivity contribution in [2.45, 2.75) is 43.9 Å². The summed E-state index contributed by atoms with van der Waals surface area (Å²) in [5.41, 5.74) is 1.98. The van der Waals surface area contributed by atoms with Gasteiger partial charge in [-0.2, -0.15) is 9.78 Å². The average Bonchev–Trinajstić information content (AvgIpc) is 3.29. The minimum absolute atomic E-state index is 0.510. The second-order valence-corrected chi connectivity index (χ2v) is 10.1. The Morgan fingerprint density at radius 2 is 1.90 bits per heavy atom. The van der Waals surface area contributed by atoms with Crippen LogP contribution >= 0.6 is 23.1 Å². The third kappa shape index (κ3) is 4.55. The van der Waals surface area contributed by atoms with Gasteiger partial charge in [-0.3, -0.25) is 0 Å². The van der Waals surface area contributed by atoms with Crippen molar-refractivity contribution in [3.63, 3.8) is 0 Å². The Morgan fingerprint density at radius 1 is 1.13 bits per heavy atom. The molecule has 2 heterocycles. The summed E-state index contributed by atoms with van der Waals surface area (Å²) in [6.45, 7) is 7.41. The first-order valence-electron chi connectivity index (χ1n) is 9.53. The number of carbonyl (C=O) groups excluding carboxylic acids is 1. The van der Waals surface area contributed by atoms with Gasteiger partial charge in [0.1, 0.15) is 16.3 Å². The number of nitrogens with zero attached hydrogens (tertiary/aromatic N) is 4. The van der Waals surface area contributed by atoms with E-state index in [1.807, 2.05) is 58.0 Å². The normalized spacial score (nSPS) is 11.7. The second-order valence-electron chi connectivity index (χ2n) is 7.82. The number of benzene rings is 2. The minimum atomic E-state index is -0.611.